The smallest absolute Gasteiger partial charge is 0.270 e. The van der Waals surface area contributed by atoms with Crippen LogP contribution in [0.2, 0.25) is 0 Å². The molecule has 194 valence electrons. The second-order valence-corrected chi connectivity index (χ2v) is 12.7. The zero-order valence-electron chi connectivity index (χ0n) is 20.7. The minimum Gasteiger partial charge on any atom is -0.748 e. The third kappa shape index (κ3) is 4.82. The number of sulfone groups is 1. The van der Waals surface area contributed by atoms with Crippen molar-refractivity contribution in [2.75, 3.05) is 17.2 Å². The molecule has 4 rings (SSSR count). The van der Waals surface area contributed by atoms with Gasteiger partial charge in [0, 0.05) is 34.7 Å². The van der Waals surface area contributed by atoms with Gasteiger partial charge in [-0.05, 0) is 41.8 Å². The molecule has 2 aliphatic rings. The average molecular weight is 547 g/mol. The first kappa shape index (κ1) is 27.1. The van der Waals surface area contributed by atoms with Crippen molar-refractivity contribution < 1.29 is 21.4 Å². The van der Waals surface area contributed by atoms with E-state index in [2.05, 4.69) is 4.85 Å². The van der Waals surface area contributed by atoms with Gasteiger partial charge in [0.05, 0.1) is 32.6 Å². The number of para-hydroxylation sites is 1. The van der Waals surface area contributed by atoms with Gasteiger partial charge in [0.1, 0.15) is 0 Å². The fourth-order valence-electron chi connectivity index (χ4n) is 4.92. The van der Waals surface area contributed by atoms with E-state index < -0.39 is 31.1 Å². The fourth-order valence-corrected chi connectivity index (χ4v) is 7.09. The van der Waals surface area contributed by atoms with Gasteiger partial charge >= 0.3 is 0 Å². The standard InChI is InChI=1S/C28H25N3O5S2/c1-28(2)21-12-5-6-13-23(21)31(17-10-18-37(32,33)34)26(28)16-9-8-15-25-27(22(19-29)30-3)20-11-4-7-14-24(20)38(25,35)36/h4-9,11-16H,10,17-18H2,1-2H3,(H,32,33,34)/p-1/b9-8+,25-15-,26-16+,27-22+. The van der Waals surface area contributed by atoms with Crippen LogP contribution in [0.15, 0.2) is 94.0 Å². The highest BCUT2D eigenvalue weighted by molar-refractivity contribution is 7.96. The normalized spacial score (nSPS) is 20.8. The van der Waals surface area contributed by atoms with E-state index in [0.717, 1.165) is 16.9 Å². The molecule has 0 fully saturated rings. The summed E-state index contributed by atoms with van der Waals surface area (Å²) in [6.45, 7) is 11.7. The summed E-state index contributed by atoms with van der Waals surface area (Å²) in [6, 6.07) is 15.8. The minimum atomic E-state index is -4.34. The van der Waals surface area contributed by atoms with Crippen molar-refractivity contribution in [2.24, 2.45) is 0 Å². The topological polar surface area (TPSA) is 123 Å². The van der Waals surface area contributed by atoms with E-state index in [0.29, 0.717) is 12.1 Å². The minimum absolute atomic E-state index is 0.0521. The third-order valence-corrected chi connectivity index (χ3v) is 9.27. The Morgan fingerprint density at radius 1 is 1.13 bits per heavy atom. The first-order valence-corrected chi connectivity index (χ1v) is 14.8. The van der Waals surface area contributed by atoms with Gasteiger partial charge in [0.2, 0.25) is 9.84 Å². The molecular weight excluding hydrogens is 522 g/mol. The van der Waals surface area contributed by atoms with Crippen LogP contribution in [0.25, 0.3) is 10.4 Å². The van der Waals surface area contributed by atoms with E-state index in [1.807, 2.05) is 49.1 Å². The van der Waals surface area contributed by atoms with Gasteiger partial charge in [-0.3, -0.25) is 0 Å². The van der Waals surface area contributed by atoms with Crippen LogP contribution in [0.1, 0.15) is 31.4 Å². The monoisotopic (exact) mass is 546 g/mol. The van der Waals surface area contributed by atoms with Crippen LogP contribution in [-0.4, -0.2) is 33.7 Å². The van der Waals surface area contributed by atoms with E-state index >= 15 is 0 Å². The number of nitrogens with zero attached hydrogens (tertiary/aromatic N) is 3. The zero-order valence-corrected chi connectivity index (χ0v) is 22.4. The van der Waals surface area contributed by atoms with E-state index in [4.69, 9.17) is 6.57 Å². The zero-order chi connectivity index (χ0) is 27.7. The highest BCUT2D eigenvalue weighted by atomic mass is 32.2. The van der Waals surface area contributed by atoms with Crippen molar-refractivity contribution >= 4 is 31.2 Å². The predicted molar refractivity (Wildman–Crippen MR) is 144 cm³/mol. The molecule has 2 aliphatic heterocycles. The van der Waals surface area contributed by atoms with Crippen molar-refractivity contribution in [1.82, 2.24) is 0 Å². The number of rotatable bonds is 6. The fraction of sp³-hybridized carbons (Fsp3) is 0.214. The highest BCUT2D eigenvalue weighted by Gasteiger charge is 2.39. The quantitative estimate of drug-likeness (QED) is 0.293. The third-order valence-electron chi connectivity index (χ3n) is 6.62. The molecular formula is C28H24N3O5S2-. The predicted octanol–water partition coefficient (Wildman–Crippen LogP) is 4.68. The Kier molecular flexibility index (Phi) is 7.18. The summed E-state index contributed by atoms with van der Waals surface area (Å²) in [5.41, 5.74) is 2.47. The molecule has 0 N–H and O–H groups in total. The maximum atomic E-state index is 13.2. The molecule has 0 amide bonds. The first-order chi connectivity index (χ1) is 17.9. The maximum absolute atomic E-state index is 13.2. The Morgan fingerprint density at radius 2 is 1.79 bits per heavy atom. The Hall–Kier alpha value is -3.96. The number of fused-ring (bicyclic) bond motifs is 2. The molecule has 8 nitrogen and oxygen atoms in total. The van der Waals surface area contributed by atoms with Crippen molar-refractivity contribution in [3.05, 3.63) is 112 Å². The number of hydrogen-bond acceptors (Lipinski definition) is 7. The molecule has 0 unspecified atom stereocenters. The Morgan fingerprint density at radius 3 is 2.47 bits per heavy atom. The molecule has 0 atom stereocenters. The summed E-state index contributed by atoms with van der Waals surface area (Å²) in [5.74, 6) is -0.475. The van der Waals surface area contributed by atoms with E-state index in [1.54, 1.807) is 36.4 Å². The summed E-state index contributed by atoms with van der Waals surface area (Å²) in [6.07, 6.45) is 6.57. The van der Waals surface area contributed by atoms with Crippen molar-refractivity contribution in [1.29, 1.82) is 5.26 Å². The number of nitriles is 1. The van der Waals surface area contributed by atoms with E-state index in [-0.39, 0.29) is 27.5 Å². The second-order valence-electron chi connectivity index (χ2n) is 9.32. The summed E-state index contributed by atoms with van der Waals surface area (Å²) in [5, 5.41) is 9.47. The van der Waals surface area contributed by atoms with E-state index in [1.165, 1.54) is 12.1 Å². The van der Waals surface area contributed by atoms with Gasteiger partial charge < -0.3 is 9.45 Å². The Balaban J connectivity index is 1.75. The molecule has 0 saturated heterocycles. The lowest BCUT2D eigenvalue weighted by atomic mass is 9.84. The SMILES string of the molecule is [C-]#[N+]/C(C#N)=C1/C(=C/C=C/C=C2/N(CCCS(=O)(=O)[O-])c3ccccc3C2(C)C)S(=O)(=O)c2ccccc21. The van der Waals surface area contributed by atoms with Crippen LogP contribution >= 0.6 is 0 Å². The van der Waals surface area contributed by atoms with Crippen LogP contribution in [0.4, 0.5) is 5.69 Å². The number of allylic oxidation sites excluding steroid dienone is 7. The Labute approximate surface area is 223 Å². The number of anilines is 1. The molecule has 2 heterocycles. The molecule has 10 heteroatoms. The molecule has 2 aromatic rings. The lowest BCUT2D eigenvalue weighted by molar-refractivity contribution is 0.461. The first-order valence-electron chi connectivity index (χ1n) is 11.7. The number of benzene rings is 2. The van der Waals surface area contributed by atoms with Crippen molar-refractivity contribution in [2.45, 2.75) is 30.6 Å². The van der Waals surface area contributed by atoms with Gasteiger partial charge in [-0.1, -0.05) is 62.4 Å². The average Bonchev–Trinajstić information content (AvgIpc) is 3.22. The summed E-state index contributed by atoms with van der Waals surface area (Å²) in [7, 11) is -8.27. The molecule has 0 bridgehead atoms. The van der Waals surface area contributed by atoms with Gasteiger partial charge in [0.25, 0.3) is 5.70 Å². The van der Waals surface area contributed by atoms with Crippen LogP contribution in [0.5, 0.6) is 0 Å². The highest BCUT2D eigenvalue weighted by Crippen LogP contribution is 2.48. The van der Waals surface area contributed by atoms with Crippen molar-refractivity contribution in [3.8, 4) is 6.07 Å². The van der Waals surface area contributed by atoms with Gasteiger partial charge in [-0.2, -0.15) is 0 Å². The van der Waals surface area contributed by atoms with Crippen LogP contribution < -0.4 is 4.90 Å². The molecule has 2 aromatic carbocycles. The largest absolute Gasteiger partial charge is 0.748 e. The summed E-state index contributed by atoms with van der Waals surface area (Å²) in [4.78, 5) is 5.15. The van der Waals surface area contributed by atoms with Gasteiger partial charge in [-0.15, -0.1) is 0 Å². The van der Waals surface area contributed by atoms with Crippen LogP contribution in [-0.2, 0) is 25.4 Å². The summed E-state index contributed by atoms with van der Waals surface area (Å²) >= 11 is 0. The van der Waals surface area contributed by atoms with Gasteiger partial charge in [0.15, 0.2) is 0 Å². The van der Waals surface area contributed by atoms with Crippen molar-refractivity contribution in [3.63, 3.8) is 0 Å². The lowest BCUT2D eigenvalue weighted by Gasteiger charge is -2.27. The molecule has 0 saturated carbocycles. The lowest BCUT2D eigenvalue weighted by Crippen LogP contribution is -2.28. The number of hydrogen-bond donors (Lipinski definition) is 0. The summed E-state index contributed by atoms with van der Waals surface area (Å²) < 4.78 is 59.9. The molecule has 38 heavy (non-hydrogen) atoms. The van der Waals surface area contributed by atoms with Gasteiger partial charge in [-0.25, -0.2) is 26.9 Å². The maximum Gasteiger partial charge on any atom is 0.270 e. The molecule has 0 aliphatic carbocycles. The van der Waals surface area contributed by atoms with Crippen LogP contribution in [0, 0.1) is 17.9 Å². The molecule has 0 radical (unpaired) electrons. The Bertz CT molecular complexity index is 1720. The van der Waals surface area contributed by atoms with Crippen LogP contribution in [0.3, 0.4) is 0 Å². The molecule has 0 aromatic heterocycles. The van der Waals surface area contributed by atoms with E-state index in [9.17, 15) is 26.7 Å². The molecule has 0 spiro atoms. The second kappa shape index (κ2) is 10.1.